The van der Waals surface area contributed by atoms with Gasteiger partial charge in [0.2, 0.25) is 5.91 Å². The molecule has 21 heavy (non-hydrogen) atoms. The molecule has 0 aliphatic carbocycles. The van der Waals surface area contributed by atoms with Crippen molar-refractivity contribution < 1.29 is 4.79 Å². The van der Waals surface area contributed by atoms with E-state index in [1.165, 1.54) is 5.56 Å². The van der Waals surface area contributed by atoms with Crippen LogP contribution in [0.4, 0.5) is 0 Å². The zero-order valence-corrected chi connectivity index (χ0v) is 13.0. The Morgan fingerprint density at radius 1 is 1.43 bits per heavy atom. The number of piperidine rings is 1. The molecule has 0 bridgehead atoms. The maximum atomic E-state index is 11.0. The predicted octanol–water partition coefficient (Wildman–Crippen LogP) is 1.32. The monoisotopic (exact) mass is 290 g/mol. The number of nitrogens with two attached hydrogens (primary N) is 1. The summed E-state index contributed by atoms with van der Waals surface area (Å²) in [6.07, 6.45) is 5.87. The molecule has 1 fully saturated rings. The van der Waals surface area contributed by atoms with Crippen LogP contribution in [0.5, 0.6) is 0 Å². The van der Waals surface area contributed by atoms with Crippen molar-refractivity contribution in [2.45, 2.75) is 38.8 Å². The molecule has 2 atom stereocenters. The van der Waals surface area contributed by atoms with Gasteiger partial charge in [0, 0.05) is 37.9 Å². The summed E-state index contributed by atoms with van der Waals surface area (Å²) >= 11 is 0. The molecule has 1 saturated heterocycles. The minimum atomic E-state index is 0.0580. The first-order chi connectivity index (χ1) is 10.1. The Hall–Kier alpha value is -1.46. The molecule has 2 unspecified atom stereocenters. The molecule has 1 aromatic rings. The average Bonchev–Trinajstić information content (AvgIpc) is 2.47. The van der Waals surface area contributed by atoms with Gasteiger partial charge in [0.25, 0.3) is 0 Å². The van der Waals surface area contributed by atoms with Crippen molar-refractivity contribution in [3.8, 4) is 0 Å². The van der Waals surface area contributed by atoms with Gasteiger partial charge in [-0.15, -0.1) is 0 Å². The molecule has 1 aliphatic heterocycles. The number of likely N-dealkylation sites (tertiary alicyclic amines) is 1. The summed E-state index contributed by atoms with van der Waals surface area (Å²) in [5, 5.41) is 2.92. The Bertz CT molecular complexity index is 441. The number of rotatable bonds is 5. The van der Waals surface area contributed by atoms with Crippen molar-refractivity contribution >= 4 is 5.91 Å². The highest BCUT2D eigenvalue weighted by Gasteiger charge is 2.28. The van der Waals surface area contributed by atoms with E-state index in [1.807, 2.05) is 12.4 Å². The summed E-state index contributed by atoms with van der Waals surface area (Å²) in [7, 11) is 0. The minimum Gasteiger partial charge on any atom is -0.356 e. The molecule has 1 amide bonds. The van der Waals surface area contributed by atoms with E-state index in [0.29, 0.717) is 5.92 Å². The van der Waals surface area contributed by atoms with Gasteiger partial charge in [-0.2, -0.15) is 0 Å². The largest absolute Gasteiger partial charge is 0.356 e. The lowest BCUT2D eigenvalue weighted by Gasteiger charge is -2.39. The molecule has 0 spiro atoms. The predicted molar refractivity (Wildman–Crippen MR) is 83.6 cm³/mol. The van der Waals surface area contributed by atoms with Gasteiger partial charge < -0.3 is 11.1 Å². The molecular formula is C16H26N4O. The van der Waals surface area contributed by atoms with Gasteiger partial charge in [-0.3, -0.25) is 14.7 Å². The number of aromatic nitrogens is 1. The van der Waals surface area contributed by atoms with E-state index >= 15 is 0 Å². The van der Waals surface area contributed by atoms with Gasteiger partial charge in [-0.25, -0.2) is 0 Å². The van der Waals surface area contributed by atoms with Crippen LogP contribution in [0.3, 0.4) is 0 Å². The minimum absolute atomic E-state index is 0.0580. The highest BCUT2D eigenvalue weighted by atomic mass is 16.1. The van der Waals surface area contributed by atoms with E-state index in [0.717, 1.165) is 32.5 Å². The van der Waals surface area contributed by atoms with Gasteiger partial charge in [0.05, 0.1) is 0 Å². The Balaban J connectivity index is 1.94. The Morgan fingerprint density at radius 3 is 2.57 bits per heavy atom. The summed E-state index contributed by atoms with van der Waals surface area (Å²) < 4.78 is 0. The molecule has 2 rings (SSSR count). The second-order valence-corrected chi connectivity index (χ2v) is 6.00. The molecule has 5 nitrogen and oxygen atoms in total. The second kappa shape index (κ2) is 7.52. The lowest BCUT2D eigenvalue weighted by molar-refractivity contribution is -0.119. The van der Waals surface area contributed by atoms with Gasteiger partial charge in [-0.05, 0) is 56.5 Å². The molecular weight excluding hydrogens is 264 g/mol. The SMILES string of the molecule is CC(=O)NCC1CCN(C(c2ccncc2)C(C)N)CC1. The quantitative estimate of drug-likeness (QED) is 0.858. The van der Waals surface area contributed by atoms with Crippen LogP contribution in [0.15, 0.2) is 24.5 Å². The first-order valence-electron chi connectivity index (χ1n) is 7.72. The van der Waals surface area contributed by atoms with E-state index in [2.05, 4.69) is 34.3 Å². The third-order valence-electron chi connectivity index (χ3n) is 4.23. The number of nitrogens with zero attached hydrogens (tertiary/aromatic N) is 2. The van der Waals surface area contributed by atoms with Crippen LogP contribution in [-0.2, 0) is 4.79 Å². The van der Waals surface area contributed by atoms with E-state index in [1.54, 1.807) is 6.92 Å². The van der Waals surface area contributed by atoms with E-state index in [9.17, 15) is 4.79 Å². The summed E-state index contributed by atoms with van der Waals surface area (Å²) in [4.78, 5) is 17.5. The third-order valence-corrected chi connectivity index (χ3v) is 4.23. The number of carbonyl (C=O) groups is 1. The maximum Gasteiger partial charge on any atom is 0.216 e. The lowest BCUT2D eigenvalue weighted by atomic mass is 9.92. The lowest BCUT2D eigenvalue weighted by Crippen LogP contribution is -2.45. The fourth-order valence-electron chi connectivity index (χ4n) is 3.13. The molecule has 2 heterocycles. The molecule has 0 saturated carbocycles. The van der Waals surface area contributed by atoms with Gasteiger partial charge in [0.1, 0.15) is 0 Å². The molecule has 0 radical (unpaired) electrons. The van der Waals surface area contributed by atoms with Crippen LogP contribution in [0.1, 0.15) is 38.3 Å². The van der Waals surface area contributed by atoms with Crippen LogP contribution in [0.25, 0.3) is 0 Å². The number of hydrogen-bond acceptors (Lipinski definition) is 4. The van der Waals surface area contributed by atoms with Crippen molar-refractivity contribution in [2.24, 2.45) is 11.7 Å². The highest BCUT2D eigenvalue weighted by Crippen LogP contribution is 2.28. The molecule has 3 N–H and O–H groups in total. The molecule has 1 aromatic heterocycles. The zero-order valence-electron chi connectivity index (χ0n) is 13.0. The van der Waals surface area contributed by atoms with Crippen LogP contribution in [-0.4, -0.2) is 41.5 Å². The number of amides is 1. The summed E-state index contributed by atoms with van der Waals surface area (Å²) in [6, 6.07) is 4.43. The highest BCUT2D eigenvalue weighted by molar-refractivity contribution is 5.72. The topological polar surface area (TPSA) is 71.2 Å². The standard InChI is InChI=1S/C16H26N4O/c1-12(17)16(15-3-7-18-8-4-15)20-9-5-14(6-10-20)11-19-13(2)21/h3-4,7-8,12,14,16H,5-6,9-11,17H2,1-2H3,(H,19,21). The molecule has 0 aromatic carbocycles. The van der Waals surface area contributed by atoms with Crippen LogP contribution >= 0.6 is 0 Å². The third kappa shape index (κ3) is 4.51. The number of nitrogens with one attached hydrogen (secondary N) is 1. The van der Waals surface area contributed by atoms with Crippen molar-refractivity contribution in [3.63, 3.8) is 0 Å². The second-order valence-electron chi connectivity index (χ2n) is 6.00. The van der Waals surface area contributed by atoms with Crippen molar-refractivity contribution in [1.29, 1.82) is 0 Å². The Labute approximate surface area is 126 Å². The number of hydrogen-bond donors (Lipinski definition) is 2. The van der Waals surface area contributed by atoms with E-state index in [-0.39, 0.29) is 18.0 Å². The van der Waals surface area contributed by atoms with Crippen LogP contribution < -0.4 is 11.1 Å². The first-order valence-corrected chi connectivity index (χ1v) is 7.72. The van der Waals surface area contributed by atoms with E-state index in [4.69, 9.17) is 5.73 Å². The average molecular weight is 290 g/mol. The van der Waals surface area contributed by atoms with Crippen molar-refractivity contribution in [1.82, 2.24) is 15.2 Å². The van der Waals surface area contributed by atoms with Crippen LogP contribution in [0.2, 0.25) is 0 Å². The number of carbonyl (C=O) groups excluding carboxylic acids is 1. The fraction of sp³-hybridized carbons (Fsp3) is 0.625. The fourth-order valence-corrected chi connectivity index (χ4v) is 3.13. The molecule has 5 heteroatoms. The van der Waals surface area contributed by atoms with Crippen molar-refractivity contribution in [2.75, 3.05) is 19.6 Å². The Morgan fingerprint density at radius 2 is 2.05 bits per heavy atom. The number of pyridine rings is 1. The summed E-state index contributed by atoms with van der Waals surface area (Å²) in [6.45, 7) is 6.48. The Kier molecular flexibility index (Phi) is 5.70. The smallest absolute Gasteiger partial charge is 0.216 e. The van der Waals surface area contributed by atoms with Gasteiger partial charge in [-0.1, -0.05) is 0 Å². The van der Waals surface area contributed by atoms with Gasteiger partial charge >= 0.3 is 0 Å². The first kappa shape index (κ1) is 15.9. The van der Waals surface area contributed by atoms with Crippen molar-refractivity contribution in [3.05, 3.63) is 30.1 Å². The van der Waals surface area contributed by atoms with Crippen LogP contribution in [0, 0.1) is 5.92 Å². The normalized spacial score (nSPS) is 20.0. The maximum absolute atomic E-state index is 11.0. The summed E-state index contributed by atoms with van der Waals surface area (Å²) in [5.41, 5.74) is 7.45. The molecule has 1 aliphatic rings. The summed E-state index contributed by atoms with van der Waals surface area (Å²) in [5.74, 6) is 0.638. The molecule has 116 valence electrons. The van der Waals surface area contributed by atoms with E-state index < -0.39 is 0 Å². The van der Waals surface area contributed by atoms with Gasteiger partial charge in [0.15, 0.2) is 0 Å². The zero-order chi connectivity index (χ0) is 15.2.